The van der Waals surface area contributed by atoms with Crippen LogP contribution in [0.4, 0.5) is 5.69 Å². The maximum atomic E-state index is 11.9. The summed E-state index contributed by atoms with van der Waals surface area (Å²) in [5, 5.41) is 13.7. The summed E-state index contributed by atoms with van der Waals surface area (Å²) in [6.07, 6.45) is 0.0820. The molecule has 0 spiro atoms. The third kappa shape index (κ3) is 3.02. The lowest BCUT2D eigenvalue weighted by Gasteiger charge is -2.11. The Morgan fingerprint density at radius 2 is 2.15 bits per heavy atom. The molecule has 0 fully saturated rings. The Morgan fingerprint density at radius 1 is 1.35 bits per heavy atom. The zero-order chi connectivity index (χ0) is 14.5. The van der Waals surface area contributed by atoms with Crippen molar-refractivity contribution >= 4 is 11.6 Å². The number of anilines is 1. The highest BCUT2D eigenvalue weighted by molar-refractivity contribution is 5.93. The number of tetrazole rings is 1. The first-order valence-corrected chi connectivity index (χ1v) is 5.87. The summed E-state index contributed by atoms with van der Waals surface area (Å²) < 4.78 is 11.8. The summed E-state index contributed by atoms with van der Waals surface area (Å²) >= 11 is 0. The molecule has 1 aromatic carbocycles. The van der Waals surface area contributed by atoms with Gasteiger partial charge in [-0.15, -0.1) is 5.10 Å². The van der Waals surface area contributed by atoms with Gasteiger partial charge in [-0.25, -0.2) is 4.68 Å². The highest BCUT2D eigenvalue weighted by atomic mass is 16.5. The molecule has 0 saturated heterocycles. The van der Waals surface area contributed by atoms with E-state index in [0.29, 0.717) is 23.0 Å². The number of aryl methyl sites for hydroxylation is 1. The molecule has 106 valence electrons. The molecule has 0 bridgehead atoms. The van der Waals surface area contributed by atoms with Crippen LogP contribution in [0, 0.1) is 0 Å². The summed E-state index contributed by atoms with van der Waals surface area (Å²) in [7, 11) is 4.77. The van der Waals surface area contributed by atoms with Gasteiger partial charge in [0.1, 0.15) is 11.5 Å². The van der Waals surface area contributed by atoms with Crippen LogP contribution in [0.1, 0.15) is 5.82 Å². The second kappa shape index (κ2) is 6.00. The molecule has 8 nitrogen and oxygen atoms in total. The summed E-state index contributed by atoms with van der Waals surface area (Å²) in [4.78, 5) is 11.9. The SMILES string of the molecule is COc1ccc(NC(=O)Cc2nnnn2C)c(OC)c1. The quantitative estimate of drug-likeness (QED) is 0.851. The highest BCUT2D eigenvalue weighted by Crippen LogP contribution is 2.28. The van der Waals surface area contributed by atoms with E-state index in [1.807, 2.05) is 0 Å². The molecular weight excluding hydrogens is 262 g/mol. The largest absolute Gasteiger partial charge is 0.497 e. The lowest BCUT2D eigenvalue weighted by atomic mass is 10.2. The number of carbonyl (C=O) groups excluding carboxylic acids is 1. The molecule has 0 aliphatic rings. The van der Waals surface area contributed by atoms with E-state index in [4.69, 9.17) is 9.47 Å². The monoisotopic (exact) mass is 277 g/mol. The zero-order valence-corrected chi connectivity index (χ0v) is 11.5. The number of nitrogens with zero attached hydrogens (tertiary/aromatic N) is 4. The van der Waals surface area contributed by atoms with Crippen molar-refractivity contribution in [3.05, 3.63) is 24.0 Å². The van der Waals surface area contributed by atoms with Crippen LogP contribution in [0.15, 0.2) is 18.2 Å². The fourth-order valence-electron chi connectivity index (χ4n) is 1.64. The van der Waals surface area contributed by atoms with Crippen molar-refractivity contribution in [1.29, 1.82) is 0 Å². The minimum atomic E-state index is -0.230. The average Bonchev–Trinajstić information content (AvgIpc) is 2.84. The summed E-state index contributed by atoms with van der Waals surface area (Å²) in [6, 6.07) is 5.14. The Labute approximate surface area is 115 Å². The molecule has 0 atom stereocenters. The van der Waals surface area contributed by atoms with Gasteiger partial charge in [0, 0.05) is 13.1 Å². The van der Waals surface area contributed by atoms with Gasteiger partial charge in [0.25, 0.3) is 0 Å². The number of benzene rings is 1. The molecule has 8 heteroatoms. The Bertz CT molecular complexity index is 611. The van der Waals surface area contributed by atoms with Gasteiger partial charge < -0.3 is 14.8 Å². The van der Waals surface area contributed by atoms with Crippen LogP contribution in [0.25, 0.3) is 0 Å². The fraction of sp³-hybridized carbons (Fsp3) is 0.333. The summed E-state index contributed by atoms with van der Waals surface area (Å²) in [5.41, 5.74) is 0.563. The smallest absolute Gasteiger partial charge is 0.232 e. The predicted octanol–water partition coefficient (Wildman–Crippen LogP) is 0.408. The van der Waals surface area contributed by atoms with E-state index < -0.39 is 0 Å². The number of hydrogen-bond acceptors (Lipinski definition) is 6. The van der Waals surface area contributed by atoms with Crippen LogP contribution in [0.3, 0.4) is 0 Å². The average molecular weight is 277 g/mol. The predicted molar refractivity (Wildman–Crippen MR) is 70.7 cm³/mol. The van der Waals surface area contributed by atoms with E-state index in [9.17, 15) is 4.79 Å². The number of hydrogen-bond donors (Lipinski definition) is 1. The molecule has 1 aromatic heterocycles. The number of aromatic nitrogens is 4. The molecule has 1 heterocycles. The summed E-state index contributed by atoms with van der Waals surface area (Å²) in [6.45, 7) is 0. The van der Waals surface area contributed by atoms with Crippen molar-refractivity contribution < 1.29 is 14.3 Å². The van der Waals surface area contributed by atoms with E-state index >= 15 is 0 Å². The molecule has 2 rings (SSSR count). The van der Waals surface area contributed by atoms with Gasteiger partial charge in [0.05, 0.1) is 26.3 Å². The fourth-order valence-corrected chi connectivity index (χ4v) is 1.64. The Morgan fingerprint density at radius 3 is 2.75 bits per heavy atom. The van der Waals surface area contributed by atoms with Gasteiger partial charge in [0.2, 0.25) is 5.91 Å². The van der Waals surface area contributed by atoms with Crippen molar-refractivity contribution in [2.24, 2.45) is 7.05 Å². The van der Waals surface area contributed by atoms with Crippen LogP contribution < -0.4 is 14.8 Å². The van der Waals surface area contributed by atoms with Gasteiger partial charge in [-0.3, -0.25) is 4.79 Å². The van der Waals surface area contributed by atoms with Gasteiger partial charge in [-0.05, 0) is 22.6 Å². The van der Waals surface area contributed by atoms with Crippen LogP contribution >= 0.6 is 0 Å². The third-order valence-corrected chi connectivity index (χ3v) is 2.71. The molecule has 0 aliphatic heterocycles. The van der Waals surface area contributed by atoms with Gasteiger partial charge in [-0.2, -0.15) is 0 Å². The van der Waals surface area contributed by atoms with E-state index in [2.05, 4.69) is 20.8 Å². The lowest BCUT2D eigenvalue weighted by Crippen LogP contribution is -2.17. The maximum absolute atomic E-state index is 11.9. The second-order valence-electron chi connectivity index (χ2n) is 4.01. The normalized spacial score (nSPS) is 10.2. The standard InChI is InChI=1S/C12H15N5O3/c1-17-11(14-15-16-17)7-12(18)13-9-5-4-8(19-2)6-10(9)20-3/h4-6H,7H2,1-3H3,(H,13,18). The van der Waals surface area contributed by atoms with Crippen LogP contribution in [-0.4, -0.2) is 40.3 Å². The first-order valence-electron chi connectivity index (χ1n) is 5.87. The molecule has 0 radical (unpaired) electrons. The van der Waals surface area contributed by atoms with Crippen molar-refractivity contribution in [2.75, 3.05) is 19.5 Å². The molecule has 0 aliphatic carbocycles. The minimum absolute atomic E-state index is 0.0820. The van der Waals surface area contributed by atoms with E-state index in [1.54, 1.807) is 32.4 Å². The number of methoxy groups -OCH3 is 2. The van der Waals surface area contributed by atoms with Crippen molar-refractivity contribution in [1.82, 2.24) is 20.2 Å². The van der Waals surface area contributed by atoms with Gasteiger partial charge in [-0.1, -0.05) is 0 Å². The third-order valence-electron chi connectivity index (χ3n) is 2.71. The number of carbonyl (C=O) groups is 1. The van der Waals surface area contributed by atoms with E-state index in [-0.39, 0.29) is 12.3 Å². The Hall–Kier alpha value is -2.64. The number of amides is 1. The maximum Gasteiger partial charge on any atom is 0.232 e. The first kappa shape index (κ1) is 13.8. The molecule has 0 unspecified atom stereocenters. The molecule has 20 heavy (non-hydrogen) atoms. The molecular formula is C12H15N5O3. The Balaban J connectivity index is 2.09. The van der Waals surface area contributed by atoms with Crippen molar-refractivity contribution in [2.45, 2.75) is 6.42 Å². The number of rotatable bonds is 5. The van der Waals surface area contributed by atoms with Gasteiger partial charge in [0.15, 0.2) is 5.82 Å². The van der Waals surface area contributed by atoms with Crippen LogP contribution in [0.2, 0.25) is 0 Å². The van der Waals surface area contributed by atoms with Crippen LogP contribution in [0.5, 0.6) is 11.5 Å². The van der Waals surface area contributed by atoms with E-state index in [0.717, 1.165) is 0 Å². The molecule has 1 amide bonds. The molecule has 2 aromatic rings. The first-order chi connectivity index (χ1) is 9.63. The second-order valence-corrected chi connectivity index (χ2v) is 4.01. The number of ether oxygens (including phenoxy) is 2. The topological polar surface area (TPSA) is 91.2 Å². The van der Waals surface area contributed by atoms with Crippen molar-refractivity contribution in [3.63, 3.8) is 0 Å². The highest BCUT2D eigenvalue weighted by Gasteiger charge is 2.12. The molecule has 1 N–H and O–H groups in total. The zero-order valence-electron chi connectivity index (χ0n) is 11.5. The van der Waals surface area contributed by atoms with E-state index in [1.165, 1.54) is 11.8 Å². The number of nitrogens with one attached hydrogen (secondary N) is 1. The minimum Gasteiger partial charge on any atom is -0.497 e. The van der Waals surface area contributed by atoms with Crippen molar-refractivity contribution in [3.8, 4) is 11.5 Å². The Kier molecular flexibility index (Phi) is 4.14. The lowest BCUT2D eigenvalue weighted by molar-refractivity contribution is -0.115. The van der Waals surface area contributed by atoms with Gasteiger partial charge >= 0.3 is 0 Å². The summed E-state index contributed by atoms with van der Waals surface area (Å²) in [5.74, 6) is 1.42. The van der Waals surface area contributed by atoms with Crippen LogP contribution in [-0.2, 0) is 18.3 Å². The molecule has 0 saturated carbocycles.